The summed E-state index contributed by atoms with van der Waals surface area (Å²) in [5.41, 5.74) is 0. The zero-order valence-corrected chi connectivity index (χ0v) is 8.95. The number of hydrogen-bond acceptors (Lipinski definition) is 3. The summed E-state index contributed by atoms with van der Waals surface area (Å²) in [7, 11) is 3.92. The van der Waals surface area contributed by atoms with Crippen molar-refractivity contribution in [1.82, 2.24) is 4.90 Å². The summed E-state index contributed by atoms with van der Waals surface area (Å²) in [4.78, 5) is 2.32. The van der Waals surface area contributed by atoms with E-state index in [2.05, 4.69) is 18.9 Å². The normalized spacial score (nSPS) is 29.8. The van der Waals surface area contributed by atoms with Gasteiger partial charge < -0.3 is 9.47 Å². The van der Waals surface area contributed by atoms with Gasteiger partial charge in [-0.3, -0.25) is 4.90 Å². The van der Waals surface area contributed by atoms with Gasteiger partial charge in [-0.25, -0.2) is 0 Å². The predicted molar refractivity (Wildman–Crippen MR) is 52.9 cm³/mol. The molecule has 0 aliphatic carbocycles. The Morgan fingerprint density at radius 3 is 2.77 bits per heavy atom. The van der Waals surface area contributed by atoms with Gasteiger partial charge in [0.1, 0.15) is 0 Å². The summed E-state index contributed by atoms with van der Waals surface area (Å²) in [6, 6.07) is 0.552. The van der Waals surface area contributed by atoms with Gasteiger partial charge in [0.15, 0.2) is 0 Å². The molecular weight excluding hydrogens is 166 g/mol. The van der Waals surface area contributed by atoms with Crippen molar-refractivity contribution in [2.24, 2.45) is 0 Å². The maximum Gasteiger partial charge on any atom is 0.0714 e. The van der Waals surface area contributed by atoms with E-state index in [0.29, 0.717) is 12.1 Å². The molecule has 1 fully saturated rings. The second-order valence-electron chi connectivity index (χ2n) is 3.76. The summed E-state index contributed by atoms with van der Waals surface area (Å²) in [6.07, 6.45) is 2.61. The molecule has 1 aliphatic heterocycles. The second-order valence-corrected chi connectivity index (χ2v) is 3.76. The lowest BCUT2D eigenvalue weighted by Gasteiger charge is -2.18. The molecule has 1 saturated heterocycles. The highest BCUT2D eigenvalue weighted by Crippen LogP contribution is 2.17. The number of likely N-dealkylation sites (N-methyl/N-ethyl adjacent to an activating group) is 1. The molecule has 0 aromatic carbocycles. The number of hydrogen-bond donors (Lipinski definition) is 0. The van der Waals surface area contributed by atoms with E-state index in [9.17, 15) is 0 Å². The summed E-state index contributed by atoms with van der Waals surface area (Å²) in [6.45, 7) is 4.90. The monoisotopic (exact) mass is 187 g/mol. The Hall–Kier alpha value is -0.120. The average molecular weight is 187 g/mol. The third-order valence-corrected chi connectivity index (χ3v) is 2.64. The highest BCUT2D eigenvalue weighted by atomic mass is 16.5. The number of ether oxygens (including phenoxy) is 2. The third kappa shape index (κ3) is 3.25. The minimum atomic E-state index is 0.403. The molecule has 2 atom stereocenters. The maximum absolute atomic E-state index is 5.53. The zero-order chi connectivity index (χ0) is 9.68. The first-order valence-corrected chi connectivity index (χ1v) is 5.08. The van der Waals surface area contributed by atoms with Crippen molar-refractivity contribution in [1.29, 1.82) is 0 Å². The first-order valence-electron chi connectivity index (χ1n) is 5.08. The van der Waals surface area contributed by atoms with Gasteiger partial charge in [0.2, 0.25) is 0 Å². The van der Waals surface area contributed by atoms with Gasteiger partial charge in [-0.2, -0.15) is 0 Å². The lowest BCUT2D eigenvalue weighted by Crippen LogP contribution is -2.29. The largest absolute Gasteiger partial charge is 0.380 e. The van der Waals surface area contributed by atoms with Crippen LogP contribution in [-0.4, -0.2) is 51.0 Å². The molecule has 3 heteroatoms. The quantitative estimate of drug-likeness (QED) is 0.602. The van der Waals surface area contributed by atoms with Crippen LogP contribution in [0.15, 0.2) is 0 Å². The highest BCUT2D eigenvalue weighted by molar-refractivity contribution is 4.83. The summed E-state index contributed by atoms with van der Waals surface area (Å²) < 4.78 is 10.9. The zero-order valence-electron chi connectivity index (χ0n) is 8.95. The number of likely N-dealkylation sites (tertiary alicyclic amines) is 1. The Kier molecular flexibility index (Phi) is 4.70. The number of rotatable bonds is 5. The van der Waals surface area contributed by atoms with E-state index in [0.717, 1.165) is 32.6 Å². The Morgan fingerprint density at radius 1 is 1.46 bits per heavy atom. The van der Waals surface area contributed by atoms with E-state index >= 15 is 0 Å². The molecule has 1 rings (SSSR count). The standard InChI is InChI=1S/C10H21NO2/c1-4-5-13-8-9-6-10(12-3)7-11(9)2/h9-10H,4-8H2,1-3H3. The van der Waals surface area contributed by atoms with Crippen LogP contribution < -0.4 is 0 Å². The van der Waals surface area contributed by atoms with Gasteiger partial charge in [0.25, 0.3) is 0 Å². The lowest BCUT2D eigenvalue weighted by molar-refractivity contribution is 0.0851. The van der Waals surface area contributed by atoms with Gasteiger partial charge in [-0.05, 0) is 19.9 Å². The van der Waals surface area contributed by atoms with Crippen molar-refractivity contribution < 1.29 is 9.47 Å². The summed E-state index contributed by atoms with van der Waals surface area (Å²) in [5.74, 6) is 0. The molecule has 3 nitrogen and oxygen atoms in total. The van der Waals surface area contributed by atoms with Crippen molar-refractivity contribution in [3.8, 4) is 0 Å². The van der Waals surface area contributed by atoms with Gasteiger partial charge in [0, 0.05) is 26.3 Å². The van der Waals surface area contributed by atoms with Crippen LogP contribution >= 0.6 is 0 Å². The van der Waals surface area contributed by atoms with Crippen molar-refractivity contribution in [2.45, 2.75) is 31.9 Å². The minimum absolute atomic E-state index is 0.403. The highest BCUT2D eigenvalue weighted by Gasteiger charge is 2.29. The molecule has 0 saturated carbocycles. The lowest BCUT2D eigenvalue weighted by atomic mass is 10.2. The van der Waals surface area contributed by atoms with Crippen molar-refractivity contribution in [2.75, 3.05) is 33.9 Å². The molecule has 2 unspecified atom stereocenters. The molecule has 1 aliphatic rings. The topological polar surface area (TPSA) is 21.7 Å². The Morgan fingerprint density at radius 2 is 2.23 bits per heavy atom. The molecule has 0 N–H and O–H groups in total. The van der Waals surface area contributed by atoms with Crippen molar-refractivity contribution in [3.63, 3.8) is 0 Å². The molecule has 0 aromatic heterocycles. The smallest absolute Gasteiger partial charge is 0.0714 e. The van der Waals surface area contributed by atoms with Crippen LogP contribution in [0.4, 0.5) is 0 Å². The molecule has 13 heavy (non-hydrogen) atoms. The third-order valence-electron chi connectivity index (χ3n) is 2.64. The van der Waals surface area contributed by atoms with E-state index in [-0.39, 0.29) is 0 Å². The number of methoxy groups -OCH3 is 1. The SMILES string of the molecule is CCCOCC1CC(OC)CN1C. The average Bonchev–Trinajstić information content (AvgIpc) is 2.48. The van der Waals surface area contributed by atoms with Crippen molar-refractivity contribution >= 4 is 0 Å². The van der Waals surface area contributed by atoms with E-state index in [1.807, 2.05) is 0 Å². The van der Waals surface area contributed by atoms with Gasteiger partial charge in [-0.15, -0.1) is 0 Å². The fourth-order valence-electron chi connectivity index (χ4n) is 1.76. The number of nitrogens with zero attached hydrogens (tertiary/aromatic N) is 1. The summed E-state index contributed by atoms with van der Waals surface area (Å²) in [5, 5.41) is 0. The van der Waals surface area contributed by atoms with Gasteiger partial charge in [-0.1, -0.05) is 6.92 Å². The minimum Gasteiger partial charge on any atom is -0.380 e. The fourth-order valence-corrected chi connectivity index (χ4v) is 1.76. The van der Waals surface area contributed by atoms with E-state index in [1.165, 1.54) is 0 Å². The van der Waals surface area contributed by atoms with Crippen LogP contribution in [0.5, 0.6) is 0 Å². The van der Waals surface area contributed by atoms with Crippen molar-refractivity contribution in [3.05, 3.63) is 0 Å². The van der Waals surface area contributed by atoms with Gasteiger partial charge in [0.05, 0.1) is 12.7 Å². The van der Waals surface area contributed by atoms with Crippen LogP contribution in [0.25, 0.3) is 0 Å². The Bertz CT molecular complexity index is 141. The predicted octanol–water partition coefficient (Wildman–Crippen LogP) is 1.13. The van der Waals surface area contributed by atoms with Crippen LogP contribution in [0.3, 0.4) is 0 Å². The van der Waals surface area contributed by atoms with Crippen LogP contribution in [0, 0.1) is 0 Å². The maximum atomic E-state index is 5.53. The molecule has 0 radical (unpaired) electrons. The van der Waals surface area contributed by atoms with Crippen LogP contribution in [-0.2, 0) is 9.47 Å². The molecule has 0 aromatic rings. The summed E-state index contributed by atoms with van der Waals surface area (Å²) >= 11 is 0. The molecule has 78 valence electrons. The molecule has 0 amide bonds. The van der Waals surface area contributed by atoms with Crippen LogP contribution in [0.2, 0.25) is 0 Å². The van der Waals surface area contributed by atoms with E-state index < -0.39 is 0 Å². The van der Waals surface area contributed by atoms with Crippen LogP contribution in [0.1, 0.15) is 19.8 Å². The first kappa shape index (κ1) is 11.0. The first-order chi connectivity index (χ1) is 6.27. The van der Waals surface area contributed by atoms with E-state index in [1.54, 1.807) is 7.11 Å². The molecular formula is C10H21NO2. The van der Waals surface area contributed by atoms with E-state index in [4.69, 9.17) is 9.47 Å². The second kappa shape index (κ2) is 5.58. The Labute approximate surface area is 81.0 Å². The fraction of sp³-hybridized carbons (Fsp3) is 1.00. The van der Waals surface area contributed by atoms with Gasteiger partial charge >= 0.3 is 0 Å². The Balaban J connectivity index is 2.18. The molecule has 1 heterocycles. The molecule has 0 bridgehead atoms. The molecule has 0 spiro atoms.